The fourth-order valence-corrected chi connectivity index (χ4v) is 7.37. The Labute approximate surface area is 271 Å². The molecule has 2 N–H and O–H groups in total. The van der Waals surface area contributed by atoms with E-state index < -0.39 is 24.4 Å². The summed E-state index contributed by atoms with van der Waals surface area (Å²) in [6.07, 6.45) is 0.489. The first-order chi connectivity index (χ1) is 20.5. The van der Waals surface area contributed by atoms with Gasteiger partial charge in [-0.05, 0) is 73.3 Å². The first-order valence-electron chi connectivity index (χ1n) is 14.9. The second-order valence-corrected chi connectivity index (χ2v) is 20.1. The molecule has 4 rings (SSSR count). The first kappa shape index (κ1) is 36.3. The zero-order valence-corrected chi connectivity index (χ0v) is 28.9. The summed E-state index contributed by atoms with van der Waals surface area (Å²) in [6.45, 7) is 15.9. The molecule has 0 unspecified atom stereocenters. The van der Waals surface area contributed by atoms with Crippen molar-refractivity contribution < 1.29 is 27.1 Å². The van der Waals surface area contributed by atoms with Crippen LogP contribution in [0.1, 0.15) is 70.4 Å². The summed E-state index contributed by atoms with van der Waals surface area (Å²) in [4.78, 5) is 12.0. The Morgan fingerprint density at radius 3 is 2.38 bits per heavy atom. The average molecular weight is 655 g/mol. The second-order valence-electron chi connectivity index (χ2n) is 13.7. The number of esters is 1. The second kappa shape index (κ2) is 14.1. The Bertz CT molecular complexity index is 1600. The molecule has 4 bridgehead atoms. The molecule has 246 valence electrons. The Hall–Kier alpha value is -3.18. The van der Waals surface area contributed by atoms with Crippen LogP contribution in [0.3, 0.4) is 0 Å². The van der Waals surface area contributed by atoms with Crippen molar-refractivity contribution in [3.63, 3.8) is 0 Å². The van der Waals surface area contributed by atoms with Crippen molar-refractivity contribution >= 4 is 30.0 Å². The number of hydrogen-bond acceptors (Lipinski definition) is 7. The van der Waals surface area contributed by atoms with Gasteiger partial charge in [0.25, 0.3) is 10.0 Å². The molecule has 1 aliphatic heterocycles. The minimum absolute atomic E-state index is 0. The van der Waals surface area contributed by atoms with Gasteiger partial charge in [0.05, 0.1) is 30.2 Å². The lowest BCUT2D eigenvalue weighted by Gasteiger charge is -2.41. The van der Waals surface area contributed by atoms with Gasteiger partial charge in [-0.15, -0.1) is 0 Å². The molecule has 0 aliphatic carbocycles. The SMILES string of the molecule is C.COC(=O)Cc1cccc(CC(C)(C)NC[C@H](O[Si](C)(C)C(C)(C)C)c2ccc3cc2NS(=O)(=O)c2cccc(c2)CO3)c1. The van der Waals surface area contributed by atoms with Crippen LogP contribution in [0, 0.1) is 0 Å². The van der Waals surface area contributed by atoms with E-state index in [4.69, 9.17) is 13.9 Å². The van der Waals surface area contributed by atoms with Gasteiger partial charge in [-0.2, -0.15) is 0 Å². The van der Waals surface area contributed by atoms with E-state index >= 15 is 0 Å². The number of ether oxygens (including phenoxy) is 2. The molecule has 1 heterocycles. The van der Waals surface area contributed by atoms with Crippen LogP contribution in [0.15, 0.2) is 71.6 Å². The molecule has 0 amide bonds. The third kappa shape index (κ3) is 9.42. The van der Waals surface area contributed by atoms with Crippen molar-refractivity contribution in [1.82, 2.24) is 5.32 Å². The zero-order chi connectivity index (χ0) is 32.3. The molecule has 0 saturated heterocycles. The van der Waals surface area contributed by atoms with E-state index in [-0.39, 0.29) is 41.9 Å². The number of anilines is 1. The summed E-state index contributed by atoms with van der Waals surface area (Å²) in [6, 6.07) is 20.3. The lowest BCUT2D eigenvalue weighted by molar-refractivity contribution is -0.139. The van der Waals surface area contributed by atoms with Gasteiger partial charge in [0.15, 0.2) is 8.32 Å². The molecule has 45 heavy (non-hydrogen) atoms. The number of methoxy groups -OCH3 is 1. The molecule has 3 aromatic carbocycles. The number of rotatable bonds is 10. The molecule has 1 aliphatic rings. The van der Waals surface area contributed by atoms with E-state index in [0.717, 1.165) is 22.3 Å². The fraction of sp³-hybridized carbons (Fsp3) is 0.457. The standard InChI is InChI=1S/C34H46N2O6SSi.CH4/c1-33(2,3)44(7,8)42-31(22-35-34(4,5)21-25-12-9-11-24(17-25)19-32(37)40-6)29-16-15-27-20-30(29)36-43(38,39)28-14-10-13-26(18-28)23-41-27;/h9-18,20,31,35-36H,19,21-23H2,1-8H3;1H4/t31-;/m0./s1. The van der Waals surface area contributed by atoms with Gasteiger partial charge in [0, 0.05) is 23.7 Å². The van der Waals surface area contributed by atoms with Crippen LogP contribution in [0.4, 0.5) is 5.69 Å². The molecule has 0 aromatic heterocycles. The maximum absolute atomic E-state index is 13.5. The number of carbonyl (C=O) groups is 1. The number of hydrogen-bond donors (Lipinski definition) is 2. The minimum atomic E-state index is -3.85. The van der Waals surface area contributed by atoms with Crippen LogP contribution < -0.4 is 14.8 Å². The normalized spacial score (nSPS) is 15.1. The summed E-state index contributed by atoms with van der Waals surface area (Å²) < 4.78 is 47.7. The van der Waals surface area contributed by atoms with Crippen molar-refractivity contribution in [2.45, 2.75) is 96.2 Å². The molecule has 1 atom stereocenters. The lowest BCUT2D eigenvalue weighted by Crippen LogP contribution is -2.47. The third-order valence-corrected chi connectivity index (χ3v) is 14.3. The predicted molar refractivity (Wildman–Crippen MR) is 184 cm³/mol. The monoisotopic (exact) mass is 654 g/mol. The molecule has 3 aromatic rings. The topological polar surface area (TPSA) is 103 Å². The van der Waals surface area contributed by atoms with E-state index in [9.17, 15) is 13.2 Å². The van der Waals surface area contributed by atoms with Crippen molar-refractivity contribution in [3.05, 3.63) is 89.0 Å². The molecule has 8 nitrogen and oxygen atoms in total. The van der Waals surface area contributed by atoms with E-state index in [1.807, 2.05) is 36.4 Å². The summed E-state index contributed by atoms with van der Waals surface area (Å²) in [5, 5.41) is 3.64. The fourth-order valence-electron chi connectivity index (χ4n) is 4.94. The minimum Gasteiger partial charge on any atom is -0.489 e. The highest BCUT2D eigenvalue weighted by molar-refractivity contribution is 7.92. The largest absolute Gasteiger partial charge is 0.489 e. The van der Waals surface area contributed by atoms with Gasteiger partial charge in [-0.3, -0.25) is 9.52 Å². The summed E-state index contributed by atoms with van der Waals surface area (Å²) >= 11 is 0. The molecule has 0 fully saturated rings. The van der Waals surface area contributed by atoms with Crippen LogP contribution in [-0.2, 0) is 43.4 Å². The van der Waals surface area contributed by atoms with Crippen LogP contribution in [0.25, 0.3) is 0 Å². The highest BCUT2D eigenvalue weighted by Gasteiger charge is 2.40. The van der Waals surface area contributed by atoms with E-state index in [1.54, 1.807) is 24.3 Å². The van der Waals surface area contributed by atoms with Crippen LogP contribution in [0.5, 0.6) is 5.75 Å². The Morgan fingerprint density at radius 1 is 1.00 bits per heavy atom. The quantitative estimate of drug-likeness (QED) is 0.173. The maximum atomic E-state index is 13.5. The smallest absolute Gasteiger partial charge is 0.309 e. The number of carbonyl (C=O) groups excluding carboxylic acids is 1. The van der Waals surface area contributed by atoms with Crippen molar-refractivity contribution in [1.29, 1.82) is 0 Å². The highest BCUT2D eigenvalue weighted by atomic mass is 32.2. The van der Waals surface area contributed by atoms with Gasteiger partial charge in [-0.1, -0.05) is 70.7 Å². The molecule has 0 spiro atoms. The van der Waals surface area contributed by atoms with Gasteiger partial charge in [0.2, 0.25) is 0 Å². The molecule has 0 radical (unpaired) electrons. The van der Waals surface area contributed by atoms with Gasteiger partial charge in [-0.25, -0.2) is 8.42 Å². The zero-order valence-electron chi connectivity index (χ0n) is 27.1. The van der Waals surface area contributed by atoms with Crippen LogP contribution in [0.2, 0.25) is 18.1 Å². The van der Waals surface area contributed by atoms with Gasteiger partial charge < -0.3 is 19.2 Å². The number of fused-ring (bicyclic) bond motifs is 4. The highest BCUT2D eigenvalue weighted by Crippen LogP contribution is 2.42. The van der Waals surface area contributed by atoms with Crippen LogP contribution in [-0.4, -0.2) is 41.9 Å². The van der Waals surface area contributed by atoms with E-state index in [2.05, 4.69) is 63.8 Å². The van der Waals surface area contributed by atoms with Crippen molar-refractivity contribution in [3.8, 4) is 5.75 Å². The maximum Gasteiger partial charge on any atom is 0.309 e. The average Bonchev–Trinajstić information content (AvgIpc) is 2.93. The molecule has 10 heteroatoms. The molecule has 0 saturated carbocycles. The lowest BCUT2D eigenvalue weighted by atomic mass is 9.93. The number of sulfonamides is 1. The Morgan fingerprint density at radius 2 is 1.69 bits per heavy atom. The van der Waals surface area contributed by atoms with E-state index in [1.165, 1.54) is 7.11 Å². The summed E-state index contributed by atoms with van der Waals surface area (Å²) in [5.41, 5.74) is 3.61. The summed E-state index contributed by atoms with van der Waals surface area (Å²) in [5.74, 6) is 0.302. The Kier molecular flexibility index (Phi) is 11.3. The first-order valence-corrected chi connectivity index (χ1v) is 19.3. The van der Waals surface area contributed by atoms with Gasteiger partial charge in [0.1, 0.15) is 12.4 Å². The molecular weight excluding hydrogens is 605 g/mol. The van der Waals surface area contributed by atoms with Crippen molar-refractivity contribution in [2.24, 2.45) is 0 Å². The van der Waals surface area contributed by atoms with Crippen molar-refractivity contribution in [2.75, 3.05) is 18.4 Å². The van der Waals surface area contributed by atoms with Crippen LogP contribution >= 0.6 is 0 Å². The number of benzene rings is 3. The third-order valence-electron chi connectivity index (χ3n) is 8.45. The molecular formula is C35H50N2O6SSi. The van der Waals surface area contributed by atoms with E-state index in [0.29, 0.717) is 24.4 Å². The van der Waals surface area contributed by atoms with Gasteiger partial charge >= 0.3 is 5.97 Å². The number of nitrogens with one attached hydrogen (secondary N) is 2. The summed E-state index contributed by atoms with van der Waals surface area (Å²) in [7, 11) is -4.75. The Balaban J connectivity index is 0.00000552. The predicted octanol–water partition coefficient (Wildman–Crippen LogP) is 7.41.